The monoisotopic (exact) mass is 408 g/mol. The third kappa shape index (κ3) is 4.35. The van der Waals surface area contributed by atoms with Crippen LogP contribution in [0.25, 0.3) is 17.1 Å². The van der Waals surface area contributed by atoms with Gasteiger partial charge in [-0.2, -0.15) is 0 Å². The van der Waals surface area contributed by atoms with Crippen LogP contribution in [0.2, 0.25) is 5.02 Å². The van der Waals surface area contributed by atoms with E-state index >= 15 is 0 Å². The Balaban J connectivity index is 1.72. The highest BCUT2D eigenvalue weighted by molar-refractivity contribution is 6.31. The Bertz CT molecular complexity index is 1020. The van der Waals surface area contributed by atoms with Gasteiger partial charge in [0.25, 0.3) is 5.91 Å². The maximum atomic E-state index is 12.8. The molecule has 0 saturated heterocycles. The minimum absolute atomic E-state index is 0.183. The lowest BCUT2D eigenvalue weighted by Gasteiger charge is -2.21. The molecule has 6 heteroatoms. The van der Waals surface area contributed by atoms with Gasteiger partial charge in [-0.1, -0.05) is 66.8 Å². The van der Waals surface area contributed by atoms with Gasteiger partial charge < -0.3 is 5.32 Å². The van der Waals surface area contributed by atoms with Crippen molar-refractivity contribution >= 4 is 17.5 Å². The van der Waals surface area contributed by atoms with E-state index in [1.165, 1.54) is 6.42 Å². The van der Waals surface area contributed by atoms with E-state index in [0.717, 1.165) is 48.1 Å². The molecular formula is C23H25ClN4O. The summed E-state index contributed by atoms with van der Waals surface area (Å²) in [4.78, 5) is 17.4. The van der Waals surface area contributed by atoms with Gasteiger partial charge in [0.2, 0.25) is 5.82 Å². The van der Waals surface area contributed by atoms with Crippen molar-refractivity contribution in [3.63, 3.8) is 0 Å². The van der Waals surface area contributed by atoms with Crippen molar-refractivity contribution in [1.82, 2.24) is 20.1 Å². The first-order valence-corrected chi connectivity index (χ1v) is 10.5. The Hall–Kier alpha value is -2.66. The number of rotatable bonds is 4. The fourth-order valence-electron chi connectivity index (χ4n) is 3.69. The Morgan fingerprint density at radius 3 is 2.48 bits per heavy atom. The smallest absolute Gasteiger partial charge is 0.291 e. The lowest BCUT2D eigenvalue weighted by Crippen LogP contribution is -2.36. The number of nitrogens with one attached hydrogen (secondary N) is 1. The van der Waals surface area contributed by atoms with Crippen LogP contribution in [0.5, 0.6) is 0 Å². The van der Waals surface area contributed by atoms with E-state index in [4.69, 9.17) is 11.6 Å². The normalized spacial score (nSPS) is 14.7. The first kappa shape index (κ1) is 19.6. The van der Waals surface area contributed by atoms with Crippen LogP contribution in [0, 0.1) is 13.8 Å². The fourth-order valence-corrected chi connectivity index (χ4v) is 3.86. The lowest BCUT2D eigenvalue weighted by atomic mass is 9.95. The molecule has 0 spiro atoms. The van der Waals surface area contributed by atoms with Crippen molar-refractivity contribution in [2.24, 2.45) is 0 Å². The molecule has 1 amide bonds. The molecule has 1 heterocycles. The molecule has 1 aromatic heterocycles. The van der Waals surface area contributed by atoms with Crippen LogP contribution in [0.3, 0.4) is 0 Å². The fraction of sp³-hybridized carbons (Fsp3) is 0.348. The number of benzene rings is 2. The standard InChI is InChI=1S/C23H25ClN4O/c1-15-8-11-17(12-9-15)22-26-21(23(29)25-18-6-4-3-5-7-18)27-28(22)19-13-10-16(2)20(24)14-19/h8-14,18H,3-7H2,1-2H3,(H,25,29). The van der Waals surface area contributed by atoms with Gasteiger partial charge in [-0.05, 0) is 44.4 Å². The van der Waals surface area contributed by atoms with Crippen molar-refractivity contribution in [3.05, 3.63) is 64.4 Å². The summed E-state index contributed by atoms with van der Waals surface area (Å²) in [5.74, 6) is 0.587. The van der Waals surface area contributed by atoms with Crippen molar-refractivity contribution in [2.75, 3.05) is 0 Å². The molecule has 0 atom stereocenters. The van der Waals surface area contributed by atoms with Gasteiger partial charge in [-0.15, -0.1) is 5.10 Å². The summed E-state index contributed by atoms with van der Waals surface area (Å²) >= 11 is 6.34. The molecule has 0 unspecified atom stereocenters. The molecule has 29 heavy (non-hydrogen) atoms. The molecule has 1 fully saturated rings. The van der Waals surface area contributed by atoms with Crippen LogP contribution in [0.1, 0.15) is 53.8 Å². The SMILES string of the molecule is Cc1ccc(-c2nc(C(=O)NC3CCCCC3)nn2-c2ccc(C)c(Cl)c2)cc1. The average Bonchev–Trinajstić information content (AvgIpc) is 3.17. The number of halogens is 1. The van der Waals surface area contributed by atoms with Gasteiger partial charge in [0.05, 0.1) is 5.69 Å². The third-order valence-electron chi connectivity index (χ3n) is 5.46. The Kier molecular flexibility index (Phi) is 5.67. The zero-order chi connectivity index (χ0) is 20.4. The molecule has 3 aromatic rings. The van der Waals surface area contributed by atoms with E-state index in [1.54, 1.807) is 4.68 Å². The third-order valence-corrected chi connectivity index (χ3v) is 5.87. The van der Waals surface area contributed by atoms with E-state index in [0.29, 0.717) is 10.8 Å². The highest BCUT2D eigenvalue weighted by Gasteiger charge is 2.22. The summed E-state index contributed by atoms with van der Waals surface area (Å²) in [5, 5.41) is 8.31. The second-order valence-corrected chi connectivity index (χ2v) is 8.19. The number of nitrogens with zero attached hydrogens (tertiary/aromatic N) is 3. The maximum Gasteiger partial charge on any atom is 0.291 e. The number of carbonyl (C=O) groups is 1. The Morgan fingerprint density at radius 2 is 1.79 bits per heavy atom. The predicted molar refractivity (Wildman–Crippen MR) is 116 cm³/mol. The lowest BCUT2D eigenvalue weighted by molar-refractivity contribution is 0.0917. The zero-order valence-corrected chi connectivity index (χ0v) is 17.5. The van der Waals surface area contributed by atoms with E-state index in [1.807, 2.05) is 56.3 Å². The minimum Gasteiger partial charge on any atom is -0.347 e. The van der Waals surface area contributed by atoms with Crippen LogP contribution >= 0.6 is 11.6 Å². The van der Waals surface area contributed by atoms with Crippen molar-refractivity contribution < 1.29 is 4.79 Å². The summed E-state index contributed by atoms with van der Waals surface area (Å²) in [6, 6.07) is 14.0. The van der Waals surface area contributed by atoms with Crippen molar-refractivity contribution in [1.29, 1.82) is 0 Å². The summed E-state index contributed by atoms with van der Waals surface area (Å²) in [6.45, 7) is 3.99. The van der Waals surface area contributed by atoms with E-state index in [-0.39, 0.29) is 17.8 Å². The van der Waals surface area contributed by atoms with Crippen LogP contribution < -0.4 is 5.32 Å². The van der Waals surface area contributed by atoms with Crippen LogP contribution in [0.15, 0.2) is 42.5 Å². The van der Waals surface area contributed by atoms with Crippen LogP contribution in [0.4, 0.5) is 0 Å². The van der Waals surface area contributed by atoms with Gasteiger partial charge in [-0.3, -0.25) is 4.79 Å². The number of amides is 1. The number of aryl methyl sites for hydroxylation is 2. The minimum atomic E-state index is -0.220. The van der Waals surface area contributed by atoms with Gasteiger partial charge in [0, 0.05) is 16.6 Å². The molecule has 1 N–H and O–H groups in total. The number of hydrogen-bond acceptors (Lipinski definition) is 3. The summed E-state index contributed by atoms with van der Waals surface area (Å²) < 4.78 is 1.70. The highest BCUT2D eigenvalue weighted by atomic mass is 35.5. The molecule has 4 rings (SSSR count). The van der Waals surface area contributed by atoms with Crippen LogP contribution in [-0.2, 0) is 0 Å². The molecule has 0 bridgehead atoms. The second kappa shape index (κ2) is 8.37. The average molecular weight is 409 g/mol. The van der Waals surface area contributed by atoms with E-state index in [2.05, 4.69) is 15.4 Å². The van der Waals surface area contributed by atoms with Crippen LogP contribution in [-0.4, -0.2) is 26.7 Å². The molecular weight excluding hydrogens is 384 g/mol. The van der Waals surface area contributed by atoms with Gasteiger partial charge in [0.15, 0.2) is 5.82 Å². The van der Waals surface area contributed by atoms with Gasteiger partial charge in [0.1, 0.15) is 0 Å². The van der Waals surface area contributed by atoms with E-state index in [9.17, 15) is 4.79 Å². The molecule has 150 valence electrons. The number of carbonyl (C=O) groups excluding carboxylic acids is 1. The first-order valence-electron chi connectivity index (χ1n) is 10.1. The quantitative estimate of drug-likeness (QED) is 0.639. The molecule has 1 aliphatic carbocycles. The van der Waals surface area contributed by atoms with Crippen molar-refractivity contribution in [3.8, 4) is 17.1 Å². The van der Waals surface area contributed by atoms with Gasteiger partial charge >= 0.3 is 0 Å². The molecule has 0 radical (unpaired) electrons. The number of hydrogen-bond donors (Lipinski definition) is 1. The number of aromatic nitrogens is 3. The Labute approximate surface area is 176 Å². The molecule has 5 nitrogen and oxygen atoms in total. The zero-order valence-electron chi connectivity index (χ0n) is 16.8. The van der Waals surface area contributed by atoms with Crippen molar-refractivity contribution in [2.45, 2.75) is 52.0 Å². The molecule has 1 saturated carbocycles. The Morgan fingerprint density at radius 1 is 1.07 bits per heavy atom. The van der Waals surface area contributed by atoms with Gasteiger partial charge in [-0.25, -0.2) is 9.67 Å². The first-order chi connectivity index (χ1) is 14.0. The van der Waals surface area contributed by atoms with E-state index < -0.39 is 0 Å². The maximum absolute atomic E-state index is 12.8. The topological polar surface area (TPSA) is 59.8 Å². The molecule has 1 aliphatic rings. The largest absolute Gasteiger partial charge is 0.347 e. The summed E-state index contributed by atoms with van der Waals surface area (Å²) in [5.41, 5.74) is 3.83. The summed E-state index contributed by atoms with van der Waals surface area (Å²) in [7, 11) is 0. The highest BCUT2D eigenvalue weighted by Crippen LogP contribution is 2.25. The summed E-state index contributed by atoms with van der Waals surface area (Å²) in [6.07, 6.45) is 5.59. The molecule has 2 aromatic carbocycles. The predicted octanol–water partition coefficient (Wildman–Crippen LogP) is 5.27. The second-order valence-electron chi connectivity index (χ2n) is 7.78. The molecule has 0 aliphatic heterocycles.